The standard InChI is InChI=1S/C42H40B2N/c1-27-19-22-40(45(7)26-27)35-25-33(21-20-28(35)2)34-23-31(5)42(32(6)24-34)44-38-17-10-8-15-36(38)43(37-16-9-11-18-39(37)44)41-29(3)13-12-14-30(41)4/h8-26H,1-7H3/q+1/i1D3,3D3,4D3,5D3. The minimum atomic E-state index is -2.60. The van der Waals surface area contributed by atoms with Crippen molar-refractivity contribution in [2.75, 3.05) is 0 Å². The smallest absolute Gasteiger partial charge is 0.201 e. The maximum absolute atomic E-state index is 8.89. The van der Waals surface area contributed by atoms with Gasteiger partial charge in [-0.2, -0.15) is 0 Å². The Labute approximate surface area is 286 Å². The Balaban J connectivity index is 1.44. The number of aromatic nitrogens is 1. The molecule has 6 aromatic rings. The Bertz CT molecular complexity index is 2450. The van der Waals surface area contributed by atoms with E-state index in [0.717, 1.165) is 38.9 Å². The van der Waals surface area contributed by atoms with E-state index in [2.05, 4.69) is 0 Å². The third-order valence-corrected chi connectivity index (χ3v) is 9.29. The van der Waals surface area contributed by atoms with Crippen LogP contribution < -0.4 is 37.3 Å². The first-order chi connectivity index (χ1) is 26.6. The lowest BCUT2D eigenvalue weighted by molar-refractivity contribution is -0.660. The number of pyridine rings is 1. The summed E-state index contributed by atoms with van der Waals surface area (Å²) >= 11 is 0. The summed E-state index contributed by atoms with van der Waals surface area (Å²) in [4.78, 5) is 0. The summed E-state index contributed by atoms with van der Waals surface area (Å²) in [7, 11) is 1.80. The van der Waals surface area contributed by atoms with Crippen molar-refractivity contribution in [2.45, 2.75) is 41.3 Å². The van der Waals surface area contributed by atoms with Gasteiger partial charge in [0.05, 0.1) is 0 Å². The zero-order chi connectivity index (χ0) is 41.4. The molecule has 0 N–H and O–H groups in total. The van der Waals surface area contributed by atoms with Crippen LogP contribution in [0.15, 0.2) is 115 Å². The van der Waals surface area contributed by atoms with Gasteiger partial charge in [0, 0.05) is 33.6 Å². The molecule has 0 aliphatic carbocycles. The van der Waals surface area contributed by atoms with E-state index in [1.54, 1.807) is 36.0 Å². The van der Waals surface area contributed by atoms with Gasteiger partial charge in [-0.3, -0.25) is 0 Å². The summed E-state index contributed by atoms with van der Waals surface area (Å²) in [5, 5.41) is 0. The summed E-state index contributed by atoms with van der Waals surface area (Å²) in [6, 6.07) is 32.5. The molecule has 7 rings (SSSR count). The lowest BCUT2D eigenvalue weighted by Crippen LogP contribution is -2.75. The Morgan fingerprint density at radius 1 is 0.511 bits per heavy atom. The fourth-order valence-corrected chi connectivity index (χ4v) is 7.22. The van der Waals surface area contributed by atoms with E-state index in [1.165, 1.54) is 18.2 Å². The van der Waals surface area contributed by atoms with Gasteiger partial charge in [0.2, 0.25) is 19.1 Å². The topological polar surface area (TPSA) is 3.88 Å². The van der Waals surface area contributed by atoms with Gasteiger partial charge in [0.15, 0.2) is 6.20 Å². The molecule has 0 radical (unpaired) electrons. The van der Waals surface area contributed by atoms with E-state index in [4.69, 9.17) is 16.4 Å². The Kier molecular flexibility index (Phi) is 4.65. The highest BCUT2D eigenvalue weighted by atomic mass is 14.9. The number of hydrogen-bond donors (Lipinski definition) is 0. The van der Waals surface area contributed by atoms with E-state index in [1.807, 2.05) is 86.6 Å². The third-order valence-electron chi connectivity index (χ3n) is 9.29. The maximum Gasteiger partial charge on any atom is 0.240 e. The summed E-state index contributed by atoms with van der Waals surface area (Å²) in [6.07, 6.45) is 1.61. The van der Waals surface area contributed by atoms with Gasteiger partial charge in [-0.15, -0.1) is 0 Å². The van der Waals surface area contributed by atoms with Gasteiger partial charge in [-0.05, 0) is 70.1 Å². The molecule has 0 fully saturated rings. The van der Waals surface area contributed by atoms with Crippen LogP contribution in [0, 0.1) is 41.3 Å². The number of benzene rings is 5. The molecule has 1 aliphatic rings. The van der Waals surface area contributed by atoms with Gasteiger partial charge in [0.1, 0.15) is 7.05 Å². The van der Waals surface area contributed by atoms with Crippen molar-refractivity contribution >= 4 is 46.2 Å². The number of rotatable bonds is 4. The first kappa shape index (κ1) is 18.4. The lowest BCUT2D eigenvalue weighted by atomic mass is 9.20. The average molecular weight is 592 g/mol. The summed E-state index contributed by atoms with van der Waals surface area (Å²) < 4.78 is 103. The number of nitrogens with zero attached hydrogens (tertiary/aromatic N) is 1. The molecule has 1 aromatic heterocycles. The second-order valence-electron chi connectivity index (χ2n) is 12.1. The van der Waals surface area contributed by atoms with Crippen molar-refractivity contribution in [3.8, 4) is 22.4 Å². The molecule has 3 heteroatoms. The number of hydrogen-bond acceptors (Lipinski definition) is 0. The van der Waals surface area contributed by atoms with Crippen LogP contribution in [0.2, 0.25) is 0 Å². The fourth-order valence-electron chi connectivity index (χ4n) is 7.22. The van der Waals surface area contributed by atoms with Crippen LogP contribution >= 0.6 is 0 Å². The predicted octanol–water partition coefficient (Wildman–Crippen LogP) is 5.04. The molecule has 0 atom stereocenters. The predicted molar refractivity (Wildman–Crippen MR) is 196 cm³/mol. The zero-order valence-electron chi connectivity index (χ0n) is 37.6. The molecular weight excluding hydrogens is 540 g/mol. The Hall–Kier alpha value is -4.62. The molecule has 0 bridgehead atoms. The molecule has 0 unspecified atom stereocenters. The highest BCUT2D eigenvalue weighted by molar-refractivity contribution is 7.11. The number of aryl methyl sites for hydroxylation is 7. The van der Waals surface area contributed by atoms with E-state index >= 15 is 0 Å². The largest absolute Gasteiger partial charge is 0.240 e. The molecule has 2 heterocycles. The highest BCUT2D eigenvalue weighted by Gasteiger charge is 2.40. The Morgan fingerprint density at radius 3 is 1.64 bits per heavy atom. The van der Waals surface area contributed by atoms with Crippen LogP contribution in [0.5, 0.6) is 0 Å². The van der Waals surface area contributed by atoms with Crippen LogP contribution in [0.4, 0.5) is 0 Å². The molecule has 0 saturated carbocycles. The minimum Gasteiger partial charge on any atom is -0.201 e. The van der Waals surface area contributed by atoms with Gasteiger partial charge < -0.3 is 0 Å². The summed E-state index contributed by atoms with van der Waals surface area (Å²) in [6.45, 7) is -7.44. The summed E-state index contributed by atoms with van der Waals surface area (Å²) in [5.41, 5.74) is 9.00. The van der Waals surface area contributed by atoms with Crippen LogP contribution in [-0.2, 0) is 7.05 Å². The minimum absolute atomic E-state index is 0.0350. The fraction of sp³-hybridized carbons (Fsp3) is 0.167. The van der Waals surface area contributed by atoms with Crippen molar-refractivity contribution < 1.29 is 21.0 Å². The van der Waals surface area contributed by atoms with Crippen molar-refractivity contribution in [2.24, 2.45) is 7.05 Å². The molecule has 0 amide bonds. The van der Waals surface area contributed by atoms with Gasteiger partial charge in [-0.1, -0.05) is 146 Å². The second kappa shape index (κ2) is 11.4. The second-order valence-corrected chi connectivity index (χ2v) is 12.1. The molecule has 5 aromatic carbocycles. The maximum atomic E-state index is 8.89. The highest BCUT2D eigenvalue weighted by Crippen LogP contribution is 2.29. The molecule has 0 saturated heterocycles. The quantitative estimate of drug-likeness (QED) is 0.199. The van der Waals surface area contributed by atoms with Crippen molar-refractivity contribution in [1.82, 2.24) is 0 Å². The number of fused-ring (bicyclic) bond motifs is 2. The van der Waals surface area contributed by atoms with E-state index in [0.29, 0.717) is 22.0 Å². The lowest BCUT2D eigenvalue weighted by Gasteiger charge is -2.34. The molecule has 45 heavy (non-hydrogen) atoms. The average Bonchev–Trinajstić information content (AvgIpc) is 3.12. The molecule has 218 valence electrons. The normalized spacial score (nSPS) is 17.3. The zero-order valence-corrected chi connectivity index (χ0v) is 25.6. The van der Waals surface area contributed by atoms with Crippen LogP contribution in [0.3, 0.4) is 0 Å². The van der Waals surface area contributed by atoms with Crippen molar-refractivity contribution in [1.29, 1.82) is 0 Å². The SMILES string of the molecule is [2H]C([2H])([2H])c1ccc(-c2cc(-c3cc(C)c(B4c5ccccc5B(c5c(C([2H])([2H])[2H])cccc5C([2H])([2H])[2H])c5ccccc54)c(C([2H])([2H])[2H])c3)ccc2C)[n+](C)c1. The monoisotopic (exact) mass is 592 g/mol. The van der Waals surface area contributed by atoms with Gasteiger partial charge in [0.25, 0.3) is 0 Å². The van der Waals surface area contributed by atoms with E-state index < -0.39 is 40.8 Å². The Morgan fingerprint density at radius 2 is 1.09 bits per heavy atom. The third kappa shape index (κ3) is 4.95. The van der Waals surface area contributed by atoms with Crippen LogP contribution in [0.25, 0.3) is 22.4 Å². The first-order valence-electron chi connectivity index (χ1n) is 21.2. The van der Waals surface area contributed by atoms with Crippen molar-refractivity contribution in [3.63, 3.8) is 0 Å². The van der Waals surface area contributed by atoms with Crippen LogP contribution in [0.1, 0.15) is 49.8 Å². The van der Waals surface area contributed by atoms with Crippen LogP contribution in [-0.4, -0.2) is 13.4 Å². The molecule has 0 spiro atoms. The van der Waals surface area contributed by atoms with Gasteiger partial charge in [-0.25, -0.2) is 4.57 Å². The molecule has 1 nitrogen and oxygen atoms in total. The van der Waals surface area contributed by atoms with Gasteiger partial charge >= 0.3 is 0 Å². The van der Waals surface area contributed by atoms with Crippen molar-refractivity contribution in [3.05, 3.63) is 149 Å². The molecular formula is C42H40B2N+. The first-order valence-corrected chi connectivity index (χ1v) is 15.2. The van der Waals surface area contributed by atoms with E-state index in [-0.39, 0.29) is 27.7 Å². The summed E-state index contributed by atoms with van der Waals surface area (Å²) in [5.74, 6) is 0. The molecule has 1 aliphatic heterocycles. The van der Waals surface area contributed by atoms with E-state index in [9.17, 15) is 0 Å².